The molecule has 0 saturated heterocycles. The standard InChI is InChI=1S/C19H20F4O4/c1-9(6-24)5-12-13(19(12,2)3)18(25)27-8-11-16(22)14(20)10(7-26-4)15(21)17(11)23/h5-6,12-13H,7-8H2,1-4H3/b9-5-. The van der Waals surface area contributed by atoms with Crippen LogP contribution in [-0.2, 0) is 32.3 Å². The summed E-state index contributed by atoms with van der Waals surface area (Å²) < 4.78 is 65.4. The average Bonchev–Trinajstić information content (AvgIpc) is 3.16. The van der Waals surface area contributed by atoms with Crippen LogP contribution in [0.4, 0.5) is 17.6 Å². The number of ether oxygens (including phenoxy) is 2. The molecule has 4 nitrogen and oxygen atoms in total. The highest BCUT2D eigenvalue weighted by Crippen LogP contribution is 2.59. The molecule has 1 aliphatic rings. The van der Waals surface area contributed by atoms with Gasteiger partial charge in [0.15, 0.2) is 23.3 Å². The molecule has 0 heterocycles. The molecule has 0 radical (unpaired) electrons. The first-order valence-electron chi connectivity index (χ1n) is 8.20. The van der Waals surface area contributed by atoms with Crippen LogP contribution in [0.1, 0.15) is 31.9 Å². The van der Waals surface area contributed by atoms with E-state index in [4.69, 9.17) is 4.74 Å². The van der Waals surface area contributed by atoms with Crippen LogP contribution in [0.3, 0.4) is 0 Å². The van der Waals surface area contributed by atoms with E-state index in [-0.39, 0.29) is 5.92 Å². The average molecular weight is 388 g/mol. The maximum absolute atomic E-state index is 14.1. The van der Waals surface area contributed by atoms with Crippen molar-refractivity contribution in [3.63, 3.8) is 0 Å². The number of rotatable bonds is 7. The topological polar surface area (TPSA) is 52.6 Å². The van der Waals surface area contributed by atoms with Crippen molar-refractivity contribution in [2.24, 2.45) is 17.3 Å². The van der Waals surface area contributed by atoms with Crippen LogP contribution < -0.4 is 0 Å². The van der Waals surface area contributed by atoms with Gasteiger partial charge in [-0.3, -0.25) is 9.59 Å². The van der Waals surface area contributed by atoms with Crippen molar-refractivity contribution in [1.29, 1.82) is 0 Å². The van der Waals surface area contributed by atoms with E-state index >= 15 is 0 Å². The zero-order valence-electron chi connectivity index (χ0n) is 15.4. The SMILES string of the molecule is COCc1c(F)c(F)c(COC(=O)C2C(/C=C(/C)C=O)C2(C)C)c(F)c1F. The first-order valence-corrected chi connectivity index (χ1v) is 8.20. The molecule has 2 unspecified atom stereocenters. The molecular formula is C19H20F4O4. The highest BCUT2D eigenvalue weighted by Gasteiger charge is 2.61. The van der Waals surface area contributed by atoms with Gasteiger partial charge in [0.05, 0.1) is 23.7 Å². The molecule has 1 aromatic carbocycles. The van der Waals surface area contributed by atoms with Crippen LogP contribution in [0.25, 0.3) is 0 Å². The molecule has 0 bridgehead atoms. The van der Waals surface area contributed by atoms with Crippen LogP contribution in [0.5, 0.6) is 0 Å². The van der Waals surface area contributed by atoms with Gasteiger partial charge in [0.1, 0.15) is 12.9 Å². The maximum atomic E-state index is 14.1. The fraction of sp³-hybridized carbons (Fsp3) is 0.474. The first-order chi connectivity index (χ1) is 12.6. The third-order valence-corrected chi connectivity index (χ3v) is 4.89. The van der Waals surface area contributed by atoms with Gasteiger partial charge in [-0.15, -0.1) is 0 Å². The molecule has 1 aromatic rings. The Morgan fingerprint density at radius 2 is 1.52 bits per heavy atom. The molecule has 1 aliphatic carbocycles. The van der Waals surface area contributed by atoms with Crippen molar-refractivity contribution in [3.8, 4) is 0 Å². The molecule has 27 heavy (non-hydrogen) atoms. The lowest BCUT2D eigenvalue weighted by Gasteiger charge is -2.12. The fourth-order valence-corrected chi connectivity index (χ4v) is 3.11. The Kier molecular flexibility index (Phi) is 6.09. The summed E-state index contributed by atoms with van der Waals surface area (Å²) in [5.74, 6) is -8.09. The zero-order valence-corrected chi connectivity index (χ0v) is 15.4. The van der Waals surface area contributed by atoms with E-state index in [2.05, 4.69) is 4.74 Å². The Morgan fingerprint density at radius 1 is 1.04 bits per heavy atom. The summed E-state index contributed by atoms with van der Waals surface area (Å²) in [6.07, 6.45) is 2.27. The number of carbonyl (C=O) groups excluding carboxylic acids is 2. The number of benzene rings is 1. The number of carbonyl (C=O) groups is 2. The van der Waals surface area contributed by atoms with Gasteiger partial charge in [0.2, 0.25) is 0 Å². The Labute approximate surface area is 154 Å². The van der Waals surface area contributed by atoms with E-state index in [1.807, 2.05) is 0 Å². The summed E-state index contributed by atoms with van der Waals surface area (Å²) in [7, 11) is 1.12. The Balaban J connectivity index is 2.18. The van der Waals surface area contributed by atoms with Crippen LogP contribution in [0.2, 0.25) is 0 Å². The maximum Gasteiger partial charge on any atom is 0.310 e. The summed E-state index contributed by atoms with van der Waals surface area (Å²) in [6, 6.07) is 0. The van der Waals surface area contributed by atoms with Gasteiger partial charge in [-0.1, -0.05) is 19.9 Å². The van der Waals surface area contributed by atoms with E-state index in [1.165, 1.54) is 0 Å². The van der Waals surface area contributed by atoms with Crippen LogP contribution in [-0.4, -0.2) is 19.4 Å². The third kappa shape index (κ3) is 3.90. The minimum atomic E-state index is -1.63. The molecule has 2 rings (SSSR count). The molecule has 0 amide bonds. The van der Waals surface area contributed by atoms with Crippen molar-refractivity contribution in [2.75, 3.05) is 7.11 Å². The van der Waals surface area contributed by atoms with Crippen molar-refractivity contribution < 1.29 is 36.6 Å². The monoisotopic (exact) mass is 388 g/mol. The van der Waals surface area contributed by atoms with E-state index in [0.717, 1.165) is 7.11 Å². The number of hydrogen-bond acceptors (Lipinski definition) is 4. The number of esters is 1. The number of halogens is 4. The molecule has 2 atom stereocenters. The largest absolute Gasteiger partial charge is 0.460 e. The van der Waals surface area contributed by atoms with Gasteiger partial charge in [0.25, 0.3) is 0 Å². The van der Waals surface area contributed by atoms with Gasteiger partial charge in [-0.25, -0.2) is 17.6 Å². The predicted octanol–water partition coefficient (Wildman–Crippen LogP) is 3.85. The molecule has 8 heteroatoms. The van der Waals surface area contributed by atoms with Crippen molar-refractivity contribution in [3.05, 3.63) is 46.0 Å². The van der Waals surface area contributed by atoms with Crippen molar-refractivity contribution in [2.45, 2.75) is 34.0 Å². The van der Waals surface area contributed by atoms with E-state index in [0.29, 0.717) is 11.9 Å². The minimum Gasteiger partial charge on any atom is -0.460 e. The highest BCUT2D eigenvalue weighted by atomic mass is 19.2. The van der Waals surface area contributed by atoms with Crippen LogP contribution in [0, 0.1) is 40.5 Å². The quantitative estimate of drug-likeness (QED) is 0.234. The molecule has 1 saturated carbocycles. The number of methoxy groups -OCH3 is 1. The lowest BCUT2D eigenvalue weighted by Crippen LogP contribution is -2.15. The predicted molar refractivity (Wildman–Crippen MR) is 87.4 cm³/mol. The van der Waals surface area contributed by atoms with E-state index in [9.17, 15) is 27.2 Å². The number of allylic oxidation sites excluding steroid dienone is 2. The van der Waals surface area contributed by atoms with Gasteiger partial charge < -0.3 is 9.47 Å². The minimum absolute atomic E-state index is 0.276. The van der Waals surface area contributed by atoms with Gasteiger partial charge in [-0.2, -0.15) is 0 Å². The zero-order chi connectivity index (χ0) is 20.5. The second kappa shape index (κ2) is 7.80. The lowest BCUT2D eigenvalue weighted by atomic mass is 10.1. The second-order valence-electron chi connectivity index (χ2n) is 7.11. The summed E-state index contributed by atoms with van der Waals surface area (Å²) in [5, 5.41) is 0. The summed E-state index contributed by atoms with van der Waals surface area (Å²) in [6.45, 7) is 3.54. The lowest BCUT2D eigenvalue weighted by molar-refractivity contribution is -0.147. The van der Waals surface area contributed by atoms with Crippen molar-refractivity contribution in [1.82, 2.24) is 0 Å². The molecule has 0 aromatic heterocycles. The second-order valence-corrected chi connectivity index (χ2v) is 7.11. The van der Waals surface area contributed by atoms with Gasteiger partial charge >= 0.3 is 5.97 Å². The smallest absolute Gasteiger partial charge is 0.310 e. The van der Waals surface area contributed by atoms with Gasteiger partial charge in [0, 0.05) is 7.11 Å². The molecule has 0 spiro atoms. The Morgan fingerprint density at radius 3 is 1.96 bits per heavy atom. The normalized spacial score (nSPS) is 21.1. The van der Waals surface area contributed by atoms with Crippen LogP contribution >= 0.6 is 0 Å². The van der Waals surface area contributed by atoms with Gasteiger partial charge in [-0.05, 0) is 23.8 Å². The molecular weight excluding hydrogens is 368 g/mol. The molecule has 1 fully saturated rings. The first kappa shape index (κ1) is 21.1. The Bertz CT molecular complexity index is 772. The summed E-state index contributed by atoms with van der Waals surface area (Å²) in [5.41, 5.74) is -1.94. The van der Waals surface area contributed by atoms with E-state index in [1.54, 1.807) is 26.8 Å². The van der Waals surface area contributed by atoms with E-state index < -0.39 is 64.9 Å². The highest BCUT2D eigenvalue weighted by molar-refractivity contribution is 5.79. The molecule has 0 aliphatic heterocycles. The third-order valence-electron chi connectivity index (χ3n) is 4.89. The fourth-order valence-electron chi connectivity index (χ4n) is 3.11. The number of aldehydes is 1. The Hall–Kier alpha value is -2.22. The number of hydrogen-bond donors (Lipinski definition) is 0. The van der Waals surface area contributed by atoms with Crippen LogP contribution in [0.15, 0.2) is 11.6 Å². The summed E-state index contributed by atoms with van der Waals surface area (Å²) >= 11 is 0. The van der Waals surface area contributed by atoms with Crippen molar-refractivity contribution >= 4 is 12.3 Å². The molecule has 0 N–H and O–H groups in total. The summed E-state index contributed by atoms with van der Waals surface area (Å²) in [4.78, 5) is 23.0. The molecule has 148 valence electrons.